The Morgan fingerprint density at radius 1 is 1.30 bits per heavy atom. The van der Waals surface area contributed by atoms with Gasteiger partial charge in [0.15, 0.2) is 0 Å². The topological polar surface area (TPSA) is 61.8 Å². The molecular weight excluding hydrogens is 298 g/mol. The van der Waals surface area contributed by atoms with Crippen molar-refractivity contribution < 1.29 is 8.42 Å². The van der Waals surface area contributed by atoms with Gasteiger partial charge in [-0.25, -0.2) is 17.7 Å². The van der Waals surface area contributed by atoms with Crippen LogP contribution in [0.1, 0.15) is 20.8 Å². The number of sulfonamides is 1. The normalized spacial score (nSPS) is 20.7. The molecule has 2 rings (SSSR count). The molecule has 1 aromatic rings. The van der Waals surface area contributed by atoms with E-state index in [9.17, 15) is 8.42 Å². The number of aliphatic imine (C=N–C) groups is 1. The molecule has 1 unspecified atom stereocenters. The zero-order chi connectivity index (χ0) is 15.1. The average molecular weight is 316 g/mol. The van der Waals surface area contributed by atoms with E-state index in [2.05, 4.69) is 10.3 Å². The summed E-state index contributed by atoms with van der Waals surface area (Å²) in [5.41, 5.74) is 0.502. The molecule has 5 nitrogen and oxygen atoms in total. The Balaban J connectivity index is 2.52. The van der Waals surface area contributed by atoms with Crippen LogP contribution >= 0.6 is 11.6 Å². The van der Waals surface area contributed by atoms with Gasteiger partial charge in [0, 0.05) is 12.1 Å². The van der Waals surface area contributed by atoms with E-state index >= 15 is 0 Å². The van der Waals surface area contributed by atoms with Crippen molar-refractivity contribution in [2.45, 2.75) is 31.7 Å². The van der Waals surface area contributed by atoms with Crippen molar-refractivity contribution in [3.8, 4) is 0 Å². The Kier molecular flexibility index (Phi) is 3.97. The zero-order valence-corrected chi connectivity index (χ0v) is 13.5. The van der Waals surface area contributed by atoms with Gasteiger partial charge in [-0.05, 0) is 31.0 Å². The first-order valence-corrected chi connectivity index (χ1v) is 8.18. The van der Waals surface area contributed by atoms with Crippen molar-refractivity contribution in [3.05, 3.63) is 23.2 Å². The molecule has 1 aromatic carbocycles. The Hall–Kier alpha value is -1.27. The minimum absolute atomic E-state index is 0.0176. The quantitative estimate of drug-likeness (QED) is 0.913. The van der Waals surface area contributed by atoms with Crippen LogP contribution < -0.4 is 5.32 Å². The molecule has 0 aliphatic carbocycles. The van der Waals surface area contributed by atoms with Crippen molar-refractivity contribution in [1.29, 1.82) is 0 Å². The number of nitrogens with one attached hydrogen (secondary N) is 1. The van der Waals surface area contributed by atoms with Gasteiger partial charge in [0.1, 0.15) is 4.90 Å². The van der Waals surface area contributed by atoms with Gasteiger partial charge in [0.2, 0.25) is 5.96 Å². The first-order valence-electron chi connectivity index (χ1n) is 6.37. The summed E-state index contributed by atoms with van der Waals surface area (Å²) in [6.07, 6.45) is 0. The molecule has 0 saturated heterocycles. The van der Waals surface area contributed by atoms with E-state index in [1.165, 1.54) is 13.1 Å². The Labute approximate surface area is 124 Å². The molecule has 7 heteroatoms. The second kappa shape index (κ2) is 5.26. The highest BCUT2D eigenvalue weighted by Gasteiger charge is 2.33. The van der Waals surface area contributed by atoms with Crippen molar-refractivity contribution in [1.82, 2.24) is 4.31 Å². The molecule has 20 heavy (non-hydrogen) atoms. The van der Waals surface area contributed by atoms with E-state index in [0.717, 1.165) is 4.31 Å². The molecule has 1 heterocycles. The lowest BCUT2D eigenvalue weighted by atomic mass is 10.1. The molecular formula is C13H18ClN3O2S. The van der Waals surface area contributed by atoms with E-state index in [-0.39, 0.29) is 10.9 Å². The summed E-state index contributed by atoms with van der Waals surface area (Å²) in [5, 5.41) is 3.44. The van der Waals surface area contributed by atoms with Gasteiger partial charge in [-0.1, -0.05) is 25.4 Å². The number of halogens is 1. The predicted octanol–water partition coefficient (Wildman–Crippen LogP) is 2.79. The standard InChI is InChI=1S/C13H18ClN3O2S/c1-8(2)9(3)15-13-16-11-6-5-10(14)7-12(11)20(18,19)17(13)4/h5-9H,1-4H3,(H,15,16). The van der Waals surface area contributed by atoms with Gasteiger partial charge in [0.05, 0.1) is 11.7 Å². The maximum absolute atomic E-state index is 12.5. The van der Waals surface area contributed by atoms with Crippen LogP contribution in [0.2, 0.25) is 5.02 Å². The monoisotopic (exact) mass is 315 g/mol. The summed E-state index contributed by atoms with van der Waals surface area (Å²) in [5.74, 6) is 0.660. The third-order valence-corrected chi connectivity index (χ3v) is 5.44. The Morgan fingerprint density at radius 2 is 1.95 bits per heavy atom. The van der Waals surface area contributed by atoms with Crippen LogP contribution in [0.15, 0.2) is 28.1 Å². The second-order valence-corrected chi connectivity index (χ2v) is 7.55. The van der Waals surface area contributed by atoms with Gasteiger partial charge in [-0.2, -0.15) is 0 Å². The maximum atomic E-state index is 12.5. The molecule has 110 valence electrons. The van der Waals surface area contributed by atoms with Crippen LogP contribution in [0.4, 0.5) is 5.69 Å². The average Bonchev–Trinajstić information content (AvgIpc) is 2.37. The van der Waals surface area contributed by atoms with Crippen LogP contribution in [0.25, 0.3) is 0 Å². The van der Waals surface area contributed by atoms with Crippen LogP contribution in [-0.2, 0) is 10.0 Å². The van der Waals surface area contributed by atoms with Crippen LogP contribution in [-0.4, -0.2) is 31.8 Å². The van der Waals surface area contributed by atoms with Crippen molar-refractivity contribution in [3.63, 3.8) is 0 Å². The summed E-state index contributed by atoms with van der Waals surface area (Å²) in [6.45, 7) is 6.04. The number of fused-ring (bicyclic) bond motifs is 1. The Morgan fingerprint density at radius 3 is 2.55 bits per heavy atom. The lowest BCUT2D eigenvalue weighted by Gasteiger charge is -2.30. The van der Waals surface area contributed by atoms with Crippen molar-refractivity contribution >= 4 is 33.3 Å². The fourth-order valence-electron chi connectivity index (χ4n) is 1.73. The minimum atomic E-state index is -3.61. The molecule has 0 saturated carbocycles. The van der Waals surface area contributed by atoms with Gasteiger partial charge < -0.3 is 5.32 Å². The number of rotatable bonds is 2. The summed E-state index contributed by atoms with van der Waals surface area (Å²) < 4.78 is 26.1. The lowest BCUT2D eigenvalue weighted by Crippen LogP contribution is -2.43. The number of hydrogen-bond donors (Lipinski definition) is 1. The fraction of sp³-hybridized carbons (Fsp3) is 0.462. The van der Waals surface area contributed by atoms with Gasteiger partial charge in [-0.15, -0.1) is 0 Å². The molecule has 0 radical (unpaired) electrons. The van der Waals surface area contributed by atoms with Crippen molar-refractivity contribution in [2.24, 2.45) is 10.9 Å². The third-order valence-electron chi connectivity index (χ3n) is 3.42. The highest BCUT2D eigenvalue weighted by atomic mass is 35.5. The first kappa shape index (κ1) is 15.1. The molecule has 0 bridgehead atoms. The number of benzene rings is 1. The number of guanidine groups is 1. The fourth-order valence-corrected chi connectivity index (χ4v) is 3.25. The van der Waals surface area contributed by atoms with Gasteiger partial charge in [-0.3, -0.25) is 0 Å². The van der Waals surface area contributed by atoms with E-state index in [0.29, 0.717) is 22.6 Å². The molecule has 1 N–H and O–H groups in total. The highest BCUT2D eigenvalue weighted by molar-refractivity contribution is 7.90. The second-order valence-electron chi connectivity index (χ2n) is 5.18. The summed E-state index contributed by atoms with van der Waals surface area (Å²) in [6, 6.07) is 4.76. The SMILES string of the molecule is CC(C)C(C)N=C1Nc2ccc(Cl)cc2S(=O)(=O)N1C. The smallest absolute Gasteiger partial charge is 0.268 e. The van der Waals surface area contributed by atoms with Gasteiger partial charge in [0.25, 0.3) is 10.0 Å². The number of anilines is 1. The Bertz CT molecular complexity index is 656. The van der Waals surface area contributed by atoms with Crippen LogP contribution in [0.3, 0.4) is 0 Å². The largest absolute Gasteiger partial charge is 0.324 e. The molecule has 0 fully saturated rings. The third kappa shape index (κ3) is 2.62. The first-order chi connectivity index (χ1) is 9.23. The van der Waals surface area contributed by atoms with E-state index in [1.54, 1.807) is 12.1 Å². The van der Waals surface area contributed by atoms with Crippen LogP contribution in [0, 0.1) is 5.92 Å². The predicted molar refractivity (Wildman–Crippen MR) is 81.8 cm³/mol. The molecule has 0 aromatic heterocycles. The molecule has 1 aliphatic rings. The summed E-state index contributed by atoms with van der Waals surface area (Å²) in [7, 11) is -2.12. The van der Waals surface area contributed by atoms with Gasteiger partial charge >= 0.3 is 0 Å². The highest BCUT2D eigenvalue weighted by Crippen LogP contribution is 2.31. The molecule has 1 atom stereocenters. The minimum Gasteiger partial charge on any atom is -0.324 e. The van der Waals surface area contributed by atoms with E-state index < -0.39 is 10.0 Å². The zero-order valence-electron chi connectivity index (χ0n) is 11.9. The maximum Gasteiger partial charge on any atom is 0.268 e. The van der Waals surface area contributed by atoms with Crippen LogP contribution in [0.5, 0.6) is 0 Å². The molecule has 0 amide bonds. The van der Waals surface area contributed by atoms with E-state index in [4.69, 9.17) is 11.6 Å². The van der Waals surface area contributed by atoms with E-state index in [1.807, 2.05) is 20.8 Å². The number of hydrogen-bond acceptors (Lipinski definition) is 3. The van der Waals surface area contributed by atoms with Crippen molar-refractivity contribution in [2.75, 3.05) is 12.4 Å². The number of nitrogens with zero attached hydrogens (tertiary/aromatic N) is 2. The summed E-state index contributed by atoms with van der Waals surface area (Å²) in [4.78, 5) is 4.62. The summed E-state index contributed by atoms with van der Waals surface area (Å²) >= 11 is 5.87. The lowest BCUT2D eigenvalue weighted by molar-refractivity contribution is 0.517. The molecule has 0 spiro atoms. The molecule has 1 aliphatic heterocycles.